The number of ether oxygens (including phenoxy) is 2. The van der Waals surface area contributed by atoms with Crippen molar-refractivity contribution in [3.05, 3.63) is 52.3 Å². The Morgan fingerprint density at radius 2 is 1.97 bits per heavy atom. The molecule has 3 heterocycles. The normalized spacial score (nSPS) is 28.2. The van der Waals surface area contributed by atoms with E-state index >= 15 is 0 Å². The quantitative estimate of drug-likeness (QED) is 0.565. The molecule has 1 aromatic heterocycles. The largest absolute Gasteiger partial charge is 0.444 e. The summed E-state index contributed by atoms with van der Waals surface area (Å²) < 4.78 is 80.5. The summed E-state index contributed by atoms with van der Waals surface area (Å²) in [6.07, 6.45) is -5.42. The van der Waals surface area contributed by atoms with Crippen molar-refractivity contribution in [3.63, 3.8) is 0 Å². The number of rotatable bonds is 3. The van der Waals surface area contributed by atoms with Gasteiger partial charge in [-0.1, -0.05) is 0 Å². The number of likely N-dealkylation sites (tertiary alicyclic amines) is 1. The van der Waals surface area contributed by atoms with Gasteiger partial charge >= 0.3 is 12.3 Å². The van der Waals surface area contributed by atoms with Crippen molar-refractivity contribution in [1.82, 2.24) is 20.4 Å². The fourth-order valence-electron chi connectivity index (χ4n) is 5.86. The Kier molecular flexibility index (Phi) is 6.46. The summed E-state index contributed by atoms with van der Waals surface area (Å²) in [5.74, 6) is -1.62. The molecule has 0 radical (unpaired) electrons. The highest BCUT2D eigenvalue weighted by molar-refractivity contribution is 5.68. The van der Waals surface area contributed by atoms with E-state index in [4.69, 9.17) is 9.47 Å². The van der Waals surface area contributed by atoms with Gasteiger partial charge in [0.2, 0.25) is 0 Å². The number of halogens is 5. The lowest BCUT2D eigenvalue weighted by atomic mass is 9.92. The molecule has 2 fully saturated rings. The van der Waals surface area contributed by atoms with Gasteiger partial charge in [-0.3, -0.25) is 10.00 Å². The van der Waals surface area contributed by atoms with Gasteiger partial charge in [0, 0.05) is 41.9 Å². The first-order chi connectivity index (χ1) is 17.3. The van der Waals surface area contributed by atoms with Crippen LogP contribution in [0.15, 0.2) is 18.2 Å². The predicted molar refractivity (Wildman–Crippen MR) is 122 cm³/mol. The Hall–Kier alpha value is -2.73. The number of alkyl halides is 3. The number of carbonyl (C=O) groups excluding carboxylic acids is 1. The molecule has 2 unspecified atom stereocenters. The Balaban J connectivity index is 1.35. The Labute approximate surface area is 210 Å². The monoisotopic (exact) mass is 528 g/mol. The summed E-state index contributed by atoms with van der Waals surface area (Å²) in [5, 5.41) is 8.82. The lowest BCUT2D eigenvalue weighted by molar-refractivity contribution is -0.142. The number of carbonyl (C=O) groups is 1. The number of amides is 1. The van der Waals surface area contributed by atoms with E-state index in [1.165, 1.54) is 0 Å². The van der Waals surface area contributed by atoms with Gasteiger partial charge in [0.05, 0.1) is 12.6 Å². The second-order valence-corrected chi connectivity index (χ2v) is 11.0. The van der Waals surface area contributed by atoms with E-state index in [0.29, 0.717) is 31.6 Å². The molecule has 202 valence electrons. The van der Waals surface area contributed by atoms with E-state index in [-0.39, 0.29) is 35.6 Å². The van der Waals surface area contributed by atoms with E-state index < -0.39 is 47.3 Å². The molecule has 2 aromatic rings. The predicted octanol–water partition coefficient (Wildman–Crippen LogP) is 4.70. The molecule has 0 spiro atoms. The van der Waals surface area contributed by atoms with Crippen LogP contribution in [0.5, 0.6) is 0 Å². The number of nitrogens with zero attached hydrogens (tertiary/aromatic N) is 2. The SMILES string of the molecule is CC(C)(C)OC(=O)N[C@H]1C[C@@H](N2CC3Cc4[nH]nc(C(F)(F)F)c4C3C2)CO[C@@H]1c1cc(F)ccc1F. The summed E-state index contributed by atoms with van der Waals surface area (Å²) >= 11 is 0. The molecule has 12 heteroatoms. The van der Waals surface area contributed by atoms with Crippen LogP contribution in [0, 0.1) is 17.6 Å². The Morgan fingerprint density at radius 1 is 1.22 bits per heavy atom. The van der Waals surface area contributed by atoms with Gasteiger partial charge < -0.3 is 14.8 Å². The molecule has 0 bridgehead atoms. The topological polar surface area (TPSA) is 79.5 Å². The van der Waals surface area contributed by atoms with Crippen LogP contribution in [0.3, 0.4) is 0 Å². The zero-order chi connectivity index (χ0) is 26.7. The number of aromatic nitrogens is 2. The zero-order valence-corrected chi connectivity index (χ0v) is 20.7. The molecule has 37 heavy (non-hydrogen) atoms. The number of alkyl carbamates (subject to hydrolysis) is 1. The van der Waals surface area contributed by atoms with Crippen LogP contribution in [0.4, 0.5) is 26.7 Å². The minimum absolute atomic E-state index is 0.000928. The third kappa shape index (κ3) is 5.18. The first-order valence-electron chi connectivity index (χ1n) is 12.2. The van der Waals surface area contributed by atoms with Gasteiger partial charge in [-0.15, -0.1) is 0 Å². The molecule has 1 amide bonds. The number of hydrogen-bond donors (Lipinski definition) is 2. The van der Waals surface area contributed by atoms with Crippen LogP contribution < -0.4 is 5.32 Å². The number of nitrogens with one attached hydrogen (secondary N) is 2. The summed E-state index contributed by atoms with van der Waals surface area (Å²) in [6, 6.07) is 2.06. The average molecular weight is 529 g/mol. The fraction of sp³-hybridized carbons (Fsp3) is 0.600. The molecule has 2 aliphatic heterocycles. The highest BCUT2D eigenvalue weighted by atomic mass is 19.4. The third-order valence-corrected chi connectivity index (χ3v) is 7.30. The molecular formula is C25H29F5N4O3. The first-order valence-corrected chi connectivity index (χ1v) is 12.2. The number of H-pyrrole nitrogens is 1. The molecule has 3 aliphatic rings. The van der Waals surface area contributed by atoms with E-state index in [2.05, 4.69) is 20.4 Å². The van der Waals surface area contributed by atoms with Crippen molar-refractivity contribution in [3.8, 4) is 0 Å². The van der Waals surface area contributed by atoms with E-state index in [0.717, 1.165) is 18.2 Å². The smallest absolute Gasteiger partial charge is 0.435 e. The number of aromatic amines is 1. The maximum atomic E-state index is 14.6. The van der Waals surface area contributed by atoms with Crippen molar-refractivity contribution < 1.29 is 36.2 Å². The van der Waals surface area contributed by atoms with Crippen molar-refractivity contribution in [1.29, 1.82) is 0 Å². The van der Waals surface area contributed by atoms with E-state index in [9.17, 15) is 26.7 Å². The lowest BCUT2D eigenvalue weighted by Gasteiger charge is -2.41. The molecule has 2 N–H and O–H groups in total. The van der Waals surface area contributed by atoms with Crippen molar-refractivity contribution >= 4 is 6.09 Å². The summed E-state index contributed by atoms with van der Waals surface area (Å²) in [4.78, 5) is 14.7. The van der Waals surface area contributed by atoms with E-state index in [1.54, 1.807) is 20.8 Å². The first kappa shape index (κ1) is 25.9. The second-order valence-electron chi connectivity index (χ2n) is 11.0. The molecular weight excluding hydrogens is 499 g/mol. The van der Waals surface area contributed by atoms with Crippen LogP contribution >= 0.6 is 0 Å². The van der Waals surface area contributed by atoms with E-state index in [1.807, 2.05) is 0 Å². The zero-order valence-electron chi connectivity index (χ0n) is 20.7. The van der Waals surface area contributed by atoms with Crippen LogP contribution in [-0.2, 0) is 22.1 Å². The number of fused-ring (bicyclic) bond motifs is 3. The molecule has 5 atom stereocenters. The average Bonchev–Trinajstić information content (AvgIpc) is 3.45. The summed E-state index contributed by atoms with van der Waals surface area (Å²) in [5.41, 5.74) is -0.880. The second kappa shape index (κ2) is 9.23. The van der Waals surface area contributed by atoms with Gasteiger partial charge in [-0.2, -0.15) is 18.3 Å². The Bertz CT molecular complexity index is 1180. The van der Waals surface area contributed by atoms with Gasteiger partial charge in [0.25, 0.3) is 0 Å². The highest BCUT2D eigenvalue weighted by Gasteiger charge is 2.50. The molecule has 2 saturated heterocycles. The van der Waals surface area contributed by atoms with Crippen LogP contribution in [0.2, 0.25) is 0 Å². The van der Waals surface area contributed by atoms with Gasteiger partial charge in [0.1, 0.15) is 23.3 Å². The van der Waals surface area contributed by atoms with Gasteiger partial charge in [-0.25, -0.2) is 13.6 Å². The summed E-state index contributed by atoms with van der Waals surface area (Å²) in [7, 11) is 0. The minimum Gasteiger partial charge on any atom is -0.444 e. The maximum Gasteiger partial charge on any atom is 0.435 e. The third-order valence-electron chi connectivity index (χ3n) is 7.30. The Morgan fingerprint density at radius 3 is 2.68 bits per heavy atom. The molecule has 5 rings (SSSR count). The molecule has 7 nitrogen and oxygen atoms in total. The van der Waals surface area contributed by atoms with Crippen LogP contribution in [0.1, 0.15) is 61.7 Å². The van der Waals surface area contributed by atoms with Crippen LogP contribution in [-0.4, -0.2) is 58.6 Å². The minimum atomic E-state index is -4.54. The van der Waals surface area contributed by atoms with Crippen molar-refractivity contribution in [2.24, 2.45) is 5.92 Å². The van der Waals surface area contributed by atoms with Crippen molar-refractivity contribution in [2.75, 3.05) is 19.7 Å². The highest BCUT2D eigenvalue weighted by Crippen LogP contribution is 2.48. The fourth-order valence-corrected chi connectivity index (χ4v) is 5.86. The lowest BCUT2D eigenvalue weighted by Crippen LogP contribution is -2.52. The number of hydrogen-bond acceptors (Lipinski definition) is 5. The number of benzene rings is 1. The molecule has 1 aromatic carbocycles. The summed E-state index contributed by atoms with van der Waals surface area (Å²) in [6.45, 7) is 6.20. The van der Waals surface area contributed by atoms with Gasteiger partial charge in [0.15, 0.2) is 5.69 Å². The molecule has 0 saturated carbocycles. The molecule has 1 aliphatic carbocycles. The van der Waals surface area contributed by atoms with Crippen LogP contribution in [0.25, 0.3) is 0 Å². The standard InChI is InChI=1S/C25H29F5N4O3/c1-24(2,3)37-23(35)31-19-8-14(11-36-21(19)15-7-13(26)4-5-17(15)27)34-9-12-6-18-20(16(12)10-34)22(33-32-18)25(28,29)30/h4-5,7,12,14,16,19,21H,6,8-11H2,1-3H3,(H,31,35)(H,32,33)/t12?,14-,16?,19+,21-/m1/s1. The van der Waals surface area contributed by atoms with Crippen molar-refractivity contribution in [2.45, 2.75) is 69.5 Å². The maximum absolute atomic E-state index is 14.6. The van der Waals surface area contributed by atoms with Gasteiger partial charge in [-0.05, 0) is 57.7 Å².